The van der Waals surface area contributed by atoms with E-state index in [1.807, 2.05) is 0 Å². The minimum atomic E-state index is -3.66. The standard InChI is InChI=1S/C18H23N3O3S2/c22-17(19-12-14-7-3-1-4-8-14)11-15-13-25-18(20-15)21-26(23,24)16-9-5-2-6-10-16/h2,5-6,9-10,13-14H,1,3-4,7-8,11-12H2,(H,19,22)(H,20,21). The van der Waals surface area contributed by atoms with Crippen molar-refractivity contribution in [3.05, 3.63) is 41.4 Å². The number of hydrogen-bond donors (Lipinski definition) is 2. The summed E-state index contributed by atoms with van der Waals surface area (Å²) in [5.74, 6) is 0.509. The number of carbonyl (C=O) groups excluding carboxylic acids is 1. The van der Waals surface area contributed by atoms with E-state index in [0.29, 0.717) is 11.6 Å². The molecule has 1 fully saturated rings. The van der Waals surface area contributed by atoms with Crippen LogP contribution in [0.25, 0.3) is 0 Å². The van der Waals surface area contributed by atoms with Gasteiger partial charge in [0.2, 0.25) is 5.91 Å². The molecule has 0 saturated heterocycles. The van der Waals surface area contributed by atoms with Gasteiger partial charge in [0.1, 0.15) is 0 Å². The summed E-state index contributed by atoms with van der Waals surface area (Å²) in [5.41, 5.74) is 0.571. The number of aromatic nitrogens is 1. The fourth-order valence-corrected chi connectivity index (χ4v) is 5.07. The summed E-state index contributed by atoms with van der Waals surface area (Å²) in [4.78, 5) is 16.5. The molecule has 0 unspecified atom stereocenters. The van der Waals surface area contributed by atoms with Crippen LogP contribution >= 0.6 is 11.3 Å². The molecule has 8 heteroatoms. The van der Waals surface area contributed by atoms with Crippen molar-refractivity contribution in [3.63, 3.8) is 0 Å². The van der Waals surface area contributed by atoms with E-state index in [9.17, 15) is 13.2 Å². The highest BCUT2D eigenvalue weighted by Gasteiger charge is 2.17. The quantitative estimate of drug-likeness (QED) is 0.756. The lowest BCUT2D eigenvalue weighted by atomic mass is 9.89. The molecule has 1 aromatic carbocycles. The Morgan fingerprint density at radius 1 is 1.15 bits per heavy atom. The molecule has 1 saturated carbocycles. The summed E-state index contributed by atoms with van der Waals surface area (Å²) in [6.07, 6.45) is 6.32. The maximum Gasteiger partial charge on any atom is 0.263 e. The highest BCUT2D eigenvalue weighted by atomic mass is 32.2. The van der Waals surface area contributed by atoms with E-state index < -0.39 is 10.0 Å². The van der Waals surface area contributed by atoms with Crippen LogP contribution in [-0.2, 0) is 21.2 Å². The van der Waals surface area contributed by atoms with E-state index in [2.05, 4.69) is 15.0 Å². The minimum Gasteiger partial charge on any atom is -0.355 e. The van der Waals surface area contributed by atoms with E-state index in [1.54, 1.807) is 23.6 Å². The third-order valence-corrected chi connectivity index (χ3v) is 6.77. The number of anilines is 1. The van der Waals surface area contributed by atoms with Gasteiger partial charge < -0.3 is 5.32 Å². The van der Waals surface area contributed by atoms with Crippen molar-refractivity contribution in [2.75, 3.05) is 11.3 Å². The molecule has 2 N–H and O–H groups in total. The summed E-state index contributed by atoms with van der Waals surface area (Å²) in [5, 5.41) is 4.95. The van der Waals surface area contributed by atoms with E-state index >= 15 is 0 Å². The lowest BCUT2D eigenvalue weighted by Crippen LogP contribution is -2.31. The predicted octanol–water partition coefficient (Wildman–Crippen LogP) is 3.18. The number of thiazole rings is 1. The van der Waals surface area contributed by atoms with Crippen molar-refractivity contribution in [2.45, 2.75) is 43.4 Å². The number of amides is 1. The largest absolute Gasteiger partial charge is 0.355 e. The van der Waals surface area contributed by atoms with Gasteiger partial charge in [-0.25, -0.2) is 13.4 Å². The molecule has 0 radical (unpaired) electrons. The van der Waals surface area contributed by atoms with Crippen molar-refractivity contribution in [3.8, 4) is 0 Å². The topological polar surface area (TPSA) is 88.2 Å². The second-order valence-electron chi connectivity index (χ2n) is 6.55. The van der Waals surface area contributed by atoms with Gasteiger partial charge in [-0.3, -0.25) is 9.52 Å². The summed E-state index contributed by atoms with van der Waals surface area (Å²) >= 11 is 1.18. The molecular weight excluding hydrogens is 370 g/mol. The highest BCUT2D eigenvalue weighted by molar-refractivity contribution is 7.93. The van der Waals surface area contributed by atoms with Crippen LogP contribution in [0.3, 0.4) is 0 Å². The molecule has 3 rings (SSSR count). The molecule has 1 heterocycles. The SMILES string of the molecule is O=C(Cc1csc(NS(=O)(=O)c2ccccc2)n1)NCC1CCCCC1. The van der Waals surface area contributed by atoms with Gasteiger partial charge in [0.15, 0.2) is 5.13 Å². The third-order valence-electron chi connectivity index (χ3n) is 4.48. The molecule has 0 bridgehead atoms. The normalized spacial score (nSPS) is 15.5. The molecule has 2 aromatic rings. The van der Waals surface area contributed by atoms with Crippen molar-refractivity contribution in [1.82, 2.24) is 10.3 Å². The summed E-state index contributed by atoms with van der Waals surface area (Å²) in [7, 11) is -3.66. The predicted molar refractivity (Wildman–Crippen MR) is 103 cm³/mol. The third kappa shape index (κ3) is 5.28. The first-order valence-electron chi connectivity index (χ1n) is 8.82. The maximum absolute atomic E-state index is 12.3. The monoisotopic (exact) mass is 393 g/mol. The number of benzene rings is 1. The van der Waals surface area contributed by atoms with E-state index in [0.717, 1.165) is 6.54 Å². The fourth-order valence-electron chi connectivity index (χ4n) is 3.08. The zero-order valence-electron chi connectivity index (χ0n) is 14.5. The zero-order valence-corrected chi connectivity index (χ0v) is 16.1. The lowest BCUT2D eigenvalue weighted by molar-refractivity contribution is -0.120. The second-order valence-corrected chi connectivity index (χ2v) is 9.09. The van der Waals surface area contributed by atoms with Crippen LogP contribution in [-0.4, -0.2) is 25.9 Å². The Labute approximate surface area is 158 Å². The van der Waals surface area contributed by atoms with Gasteiger partial charge in [-0.1, -0.05) is 37.5 Å². The molecule has 1 aromatic heterocycles. The molecule has 0 spiro atoms. The Kier molecular flexibility index (Phi) is 6.26. The van der Waals surface area contributed by atoms with Crippen LogP contribution < -0.4 is 10.0 Å². The molecule has 26 heavy (non-hydrogen) atoms. The number of nitrogens with zero attached hydrogens (tertiary/aromatic N) is 1. The van der Waals surface area contributed by atoms with Crippen LogP contribution in [0.1, 0.15) is 37.8 Å². The number of hydrogen-bond acceptors (Lipinski definition) is 5. The van der Waals surface area contributed by atoms with Crippen molar-refractivity contribution >= 4 is 32.4 Å². The lowest BCUT2D eigenvalue weighted by Gasteiger charge is -2.21. The summed E-state index contributed by atoms with van der Waals surface area (Å²) in [6.45, 7) is 0.719. The molecule has 0 atom stereocenters. The van der Waals surface area contributed by atoms with Gasteiger partial charge in [0, 0.05) is 11.9 Å². The van der Waals surface area contributed by atoms with Crippen LogP contribution in [0.5, 0.6) is 0 Å². The number of rotatable bonds is 7. The van der Waals surface area contributed by atoms with Gasteiger partial charge in [-0.2, -0.15) is 0 Å². The fraction of sp³-hybridized carbons (Fsp3) is 0.444. The van der Waals surface area contributed by atoms with Gasteiger partial charge in [-0.05, 0) is 30.9 Å². The molecule has 140 valence electrons. The highest BCUT2D eigenvalue weighted by Crippen LogP contribution is 2.23. The first-order valence-corrected chi connectivity index (χ1v) is 11.2. The number of sulfonamides is 1. The first-order chi connectivity index (χ1) is 12.5. The van der Waals surface area contributed by atoms with E-state index in [4.69, 9.17) is 0 Å². The van der Waals surface area contributed by atoms with E-state index in [-0.39, 0.29) is 22.4 Å². The number of carbonyl (C=O) groups is 1. The minimum absolute atomic E-state index is 0.0710. The molecule has 6 nitrogen and oxygen atoms in total. The smallest absolute Gasteiger partial charge is 0.263 e. The van der Waals surface area contributed by atoms with Crippen molar-refractivity contribution in [1.29, 1.82) is 0 Å². The first kappa shape index (κ1) is 18.8. The van der Waals surface area contributed by atoms with Gasteiger partial charge in [0.05, 0.1) is 17.0 Å². The number of nitrogens with one attached hydrogen (secondary N) is 2. The van der Waals surface area contributed by atoms with Crippen LogP contribution in [0.4, 0.5) is 5.13 Å². The van der Waals surface area contributed by atoms with Gasteiger partial charge in [-0.15, -0.1) is 11.3 Å². The molecule has 1 aliphatic rings. The van der Waals surface area contributed by atoms with Crippen LogP contribution in [0, 0.1) is 5.92 Å². The second kappa shape index (κ2) is 8.64. The maximum atomic E-state index is 12.3. The Bertz CT molecular complexity index is 828. The molecule has 1 aliphatic carbocycles. The summed E-state index contributed by atoms with van der Waals surface area (Å²) < 4.78 is 27.0. The average molecular weight is 394 g/mol. The zero-order chi connectivity index (χ0) is 18.4. The molecule has 1 amide bonds. The van der Waals surface area contributed by atoms with Crippen LogP contribution in [0.2, 0.25) is 0 Å². The average Bonchev–Trinajstić information content (AvgIpc) is 3.07. The summed E-state index contributed by atoms with van der Waals surface area (Å²) in [6, 6.07) is 8.13. The Morgan fingerprint density at radius 3 is 2.62 bits per heavy atom. The van der Waals surface area contributed by atoms with Crippen LogP contribution in [0.15, 0.2) is 40.6 Å². The Balaban J connectivity index is 1.52. The van der Waals surface area contributed by atoms with Gasteiger partial charge in [0.25, 0.3) is 10.0 Å². The molecular formula is C18H23N3O3S2. The van der Waals surface area contributed by atoms with E-state index in [1.165, 1.54) is 55.6 Å². The molecule has 0 aliphatic heterocycles. The van der Waals surface area contributed by atoms with Crippen molar-refractivity contribution in [2.24, 2.45) is 5.92 Å². The van der Waals surface area contributed by atoms with Crippen molar-refractivity contribution < 1.29 is 13.2 Å². The Hall–Kier alpha value is -1.93. The Morgan fingerprint density at radius 2 is 1.88 bits per heavy atom. The van der Waals surface area contributed by atoms with Gasteiger partial charge >= 0.3 is 0 Å².